The molecule has 1 aliphatic rings. The first-order chi connectivity index (χ1) is 12.4. The molecule has 3 rings (SSSR count). The molecule has 2 aromatic rings. The monoisotopic (exact) mass is 493 g/mol. The van der Waals surface area contributed by atoms with E-state index in [1.165, 1.54) is 4.90 Å². The molecule has 1 aliphatic heterocycles. The molecule has 0 spiro atoms. The zero-order valence-corrected chi connectivity index (χ0v) is 17.3. The van der Waals surface area contributed by atoms with Gasteiger partial charge in [0, 0.05) is 37.8 Å². The van der Waals surface area contributed by atoms with E-state index >= 15 is 0 Å². The molecule has 1 aromatic carbocycles. The van der Waals surface area contributed by atoms with E-state index in [1.54, 1.807) is 13.2 Å². The lowest BCUT2D eigenvalue weighted by atomic mass is 10.1. The van der Waals surface area contributed by atoms with Gasteiger partial charge in [-0.15, -0.1) is 24.0 Å². The number of aromatic nitrogens is 1. The Labute approximate surface area is 173 Å². The second-order valence-corrected chi connectivity index (χ2v) is 6.38. The van der Waals surface area contributed by atoms with Gasteiger partial charge in [0.1, 0.15) is 0 Å². The molecule has 1 aromatic heterocycles. The van der Waals surface area contributed by atoms with E-state index in [4.69, 9.17) is 0 Å². The molecule has 27 heavy (non-hydrogen) atoms. The maximum Gasteiger partial charge on any atom is 0.401 e. The third-order valence-electron chi connectivity index (χ3n) is 4.42. The van der Waals surface area contributed by atoms with Crippen LogP contribution in [0.15, 0.2) is 41.5 Å². The zero-order valence-electron chi connectivity index (χ0n) is 15.0. The van der Waals surface area contributed by atoms with Crippen molar-refractivity contribution in [2.45, 2.75) is 25.2 Å². The lowest BCUT2D eigenvalue weighted by Crippen LogP contribution is -2.45. The number of halogens is 4. The Morgan fingerprint density at radius 1 is 1.30 bits per heavy atom. The Kier molecular flexibility index (Phi) is 7.66. The molecule has 0 amide bonds. The number of aliphatic imine (C=N–C) groups is 1. The molecule has 1 atom stereocenters. The van der Waals surface area contributed by atoms with Gasteiger partial charge >= 0.3 is 6.18 Å². The van der Waals surface area contributed by atoms with Crippen molar-refractivity contribution in [3.05, 3.63) is 42.2 Å². The molecular weight excluding hydrogens is 470 g/mol. The smallest absolute Gasteiger partial charge is 0.352 e. The highest BCUT2D eigenvalue weighted by atomic mass is 127. The number of pyridine rings is 1. The van der Waals surface area contributed by atoms with Gasteiger partial charge in [-0.05, 0) is 17.9 Å². The van der Waals surface area contributed by atoms with Crippen molar-refractivity contribution in [3.63, 3.8) is 0 Å². The topological polar surface area (TPSA) is 52.6 Å². The van der Waals surface area contributed by atoms with Crippen molar-refractivity contribution in [1.29, 1.82) is 0 Å². The average Bonchev–Trinajstić information content (AvgIpc) is 3.03. The molecule has 0 radical (unpaired) electrons. The van der Waals surface area contributed by atoms with Crippen LogP contribution in [0.3, 0.4) is 0 Å². The van der Waals surface area contributed by atoms with Crippen LogP contribution in [0.2, 0.25) is 0 Å². The lowest BCUT2D eigenvalue weighted by Gasteiger charge is -2.20. The largest absolute Gasteiger partial charge is 0.401 e. The Bertz CT molecular complexity index is 776. The van der Waals surface area contributed by atoms with Gasteiger partial charge in [0.05, 0.1) is 18.8 Å². The fourth-order valence-corrected chi connectivity index (χ4v) is 3.23. The fraction of sp³-hybridized carbons (Fsp3) is 0.444. The highest BCUT2D eigenvalue weighted by Crippen LogP contribution is 2.20. The predicted octanol–water partition coefficient (Wildman–Crippen LogP) is 3.15. The summed E-state index contributed by atoms with van der Waals surface area (Å²) in [7, 11) is 1.65. The number of alkyl halides is 3. The van der Waals surface area contributed by atoms with Crippen LogP contribution in [-0.2, 0) is 6.54 Å². The fourth-order valence-electron chi connectivity index (χ4n) is 3.23. The number of hydrogen-bond acceptors (Lipinski definition) is 3. The van der Waals surface area contributed by atoms with Crippen molar-refractivity contribution in [2.75, 3.05) is 26.7 Å². The maximum absolute atomic E-state index is 12.5. The van der Waals surface area contributed by atoms with E-state index in [9.17, 15) is 13.2 Å². The van der Waals surface area contributed by atoms with E-state index in [0.29, 0.717) is 32.0 Å². The summed E-state index contributed by atoms with van der Waals surface area (Å²) in [5.41, 5.74) is 0.899. The van der Waals surface area contributed by atoms with E-state index in [-0.39, 0.29) is 30.0 Å². The number of likely N-dealkylation sites (tertiary alicyclic amines) is 1. The lowest BCUT2D eigenvalue weighted by molar-refractivity contribution is -0.143. The summed E-state index contributed by atoms with van der Waals surface area (Å²) in [5, 5.41) is 8.58. The first-order valence-electron chi connectivity index (χ1n) is 8.53. The van der Waals surface area contributed by atoms with Gasteiger partial charge in [0.25, 0.3) is 0 Å². The van der Waals surface area contributed by atoms with Gasteiger partial charge in [0.15, 0.2) is 5.96 Å². The summed E-state index contributed by atoms with van der Waals surface area (Å²) >= 11 is 0. The first-order valence-corrected chi connectivity index (χ1v) is 8.53. The number of fused-ring (bicyclic) bond motifs is 1. The minimum atomic E-state index is -4.16. The molecule has 148 valence electrons. The van der Waals surface area contributed by atoms with Crippen molar-refractivity contribution >= 4 is 40.7 Å². The van der Waals surface area contributed by atoms with Crippen molar-refractivity contribution in [3.8, 4) is 0 Å². The quantitative estimate of drug-likeness (QED) is 0.391. The maximum atomic E-state index is 12.5. The number of nitrogens with zero attached hydrogens (tertiary/aromatic N) is 3. The summed E-state index contributed by atoms with van der Waals surface area (Å²) in [5.74, 6) is 0.568. The van der Waals surface area contributed by atoms with E-state index in [0.717, 1.165) is 16.5 Å². The van der Waals surface area contributed by atoms with Crippen molar-refractivity contribution < 1.29 is 13.2 Å². The molecular formula is C18H23F3IN5. The summed E-state index contributed by atoms with van der Waals surface area (Å²) in [6.45, 7) is 0.406. The number of benzene rings is 1. The third-order valence-corrected chi connectivity index (χ3v) is 4.42. The molecule has 1 unspecified atom stereocenters. The summed E-state index contributed by atoms with van der Waals surface area (Å²) in [6.07, 6.45) is -1.74. The normalized spacial score (nSPS) is 18.4. The Morgan fingerprint density at radius 2 is 2.07 bits per heavy atom. The van der Waals surface area contributed by atoms with E-state index < -0.39 is 12.7 Å². The Hall–Kier alpha value is -1.62. The molecule has 1 saturated heterocycles. The summed E-state index contributed by atoms with van der Waals surface area (Å²) in [4.78, 5) is 10.0. The van der Waals surface area contributed by atoms with Crippen LogP contribution in [0.5, 0.6) is 0 Å². The molecule has 0 bridgehead atoms. The van der Waals surface area contributed by atoms with Gasteiger partial charge in [-0.25, -0.2) is 0 Å². The second kappa shape index (κ2) is 9.54. The van der Waals surface area contributed by atoms with Crippen LogP contribution in [0, 0.1) is 0 Å². The van der Waals surface area contributed by atoms with Crippen molar-refractivity contribution in [2.24, 2.45) is 4.99 Å². The molecule has 1 fully saturated rings. The highest BCUT2D eigenvalue weighted by molar-refractivity contribution is 14.0. The third kappa shape index (κ3) is 6.20. The average molecular weight is 493 g/mol. The van der Waals surface area contributed by atoms with Crippen LogP contribution in [0.25, 0.3) is 10.8 Å². The Balaban J connectivity index is 0.00000261. The van der Waals surface area contributed by atoms with Crippen LogP contribution < -0.4 is 10.6 Å². The number of guanidine groups is 1. The first kappa shape index (κ1) is 21.7. The summed E-state index contributed by atoms with van der Waals surface area (Å²) < 4.78 is 37.5. The van der Waals surface area contributed by atoms with Gasteiger partial charge in [-0.2, -0.15) is 13.2 Å². The predicted molar refractivity (Wildman–Crippen MR) is 111 cm³/mol. The molecule has 9 heteroatoms. The number of rotatable bonds is 4. The molecule has 5 nitrogen and oxygen atoms in total. The molecule has 2 N–H and O–H groups in total. The number of hydrogen-bond donors (Lipinski definition) is 2. The van der Waals surface area contributed by atoms with Gasteiger partial charge in [-0.1, -0.05) is 24.3 Å². The molecule has 0 saturated carbocycles. The molecule has 2 heterocycles. The number of nitrogens with one attached hydrogen (secondary N) is 2. The minimum absolute atomic E-state index is 0. The van der Waals surface area contributed by atoms with Crippen molar-refractivity contribution in [1.82, 2.24) is 20.5 Å². The van der Waals surface area contributed by atoms with E-state index in [1.807, 2.05) is 30.3 Å². The van der Waals surface area contributed by atoms with Gasteiger partial charge in [0.2, 0.25) is 0 Å². The van der Waals surface area contributed by atoms with Gasteiger partial charge < -0.3 is 10.6 Å². The van der Waals surface area contributed by atoms with Crippen LogP contribution in [0.4, 0.5) is 13.2 Å². The highest BCUT2D eigenvalue weighted by Gasteiger charge is 2.34. The SMILES string of the molecule is CN=C(NCc1nccc2ccccc12)NC1CCN(CC(F)(F)F)C1.I. The molecule has 0 aliphatic carbocycles. The zero-order chi connectivity index (χ0) is 18.6. The standard InChI is InChI=1S/C18H22F3N5.HI/c1-22-17(25-14-7-9-26(11-14)12-18(19,20)21)24-10-16-15-5-3-2-4-13(15)6-8-23-16;/h2-6,8,14H,7,9-12H2,1H3,(H2,22,24,25);1H. The van der Waals surface area contributed by atoms with Crippen LogP contribution >= 0.6 is 24.0 Å². The minimum Gasteiger partial charge on any atom is -0.352 e. The van der Waals surface area contributed by atoms with Crippen LogP contribution in [-0.4, -0.2) is 54.7 Å². The van der Waals surface area contributed by atoms with Crippen LogP contribution in [0.1, 0.15) is 12.1 Å². The van der Waals surface area contributed by atoms with E-state index in [2.05, 4.69) is 20.6 Å². The van der Waals surface area contributed by atoms with Gasteiger partial charge in [-0.3, -0.25) is 14.9 Å². The Morgan fingerprint density at radius 3 is 2.81 bits per heavy atom. The second-order valence-electron chi connectivity index (χ2n) is 6.38. The summed E-state index contributed by atoms with van der Waals surface area (Å²) in [6, 6.07) is 9.90.